The number of carbonyl (C=O) groups is 1. The van der Waals surface area contributed by atoms with E-state index >= 15 is 0 Å². The van der Waals surface area contributed by atoms with Crippen molar-refractivity contribution < 1.29 is 23.1 Å². The zero-order valence-corrected chi connectivity index (χ0v) is 12.3. The molecular formula is C15H20F3NO2. The van der Waals surface area contributed by atoms with Crippen LogP contribution in [0.5, 0.6) is 0 Å². The largest absolute Gasteiger partial charge is 0.416 e. The molecule has 0 radical (unpaired) electrons. The lowest BCUT2D eigenvalue weighted by Crippen LogP contribution is -2.44. The Morgan fingerprint density at radius 3 is 2.10 bits per heavy atom. The number of alkyl halides is 3. The van der Waals surface area contributed by atoms with E-state index in [9.17, 15) is 18.0 Å². The van der Waals surface area contributed by atoms with Crippen molar-refractivity contribution >= 4 is 5.91 Å². The van der Waals surface area contributed by atoms with Crippen LogP contribution in [0.15, 0.2) is 24.3 Å². The van der Waals surface area contributed by atoms with E-state index in [4.69, 9.17) is 5.11 Å². The van der Waals surface area contributed by atoms with Crippen LogP contribution in [-0.2, 0) is 6.18 Å². The normalized spacial score (nSPS) is 13.9. The number of halogens is 3. The van der Waals surface area contributed by atoms with Crippen molar-refractivity contribution in [2.75, 3.05) is 6.61 Å². The van der Waals surface area contributed by atoms with Gasteiger partial charge in [0.2, 0.25) is 0 Å². The Morgan fingerprint density at radius 2 is 1.71 bits per heavy atom. The van der Waals surface area contributed by atoms with Crippen LogP contribution in [0.3, 0.4) is 0 Å². The lowest BCUT2D eigenvalue weighted by Gasteiger charge is -2.31. The molecule has 0 aromatic heterocycles. The fraction of sp³-hybridized carbons (Fsp3) is 0.533. The number of amides is 1. The highest BCUT2D eigenvalue weighted by molar-refractivity contribution is 5.94. The summed E-state index contributed by atoms with van der Waals surface area (Å²) in [7, 11) is 0. The Bertz CT molecular complexity index is 475. The summed E-state index contributed by atoms with van der Waals surface area (Å²) in [4.78, 5) is 12.1. The lowest BCUT2D eigenvalue weighted by atomic mass is 9.84. The van der Waals surface area contributed by atoms with Gasteiger partial charge in [0.25, 0.3) is 5.91 Å². The molecule has 0 aliphatic carbocycles. The summed E-state index contributed by atoms with van der Waals surface area (Å²) in [6.07, 6.45) is -4.03. The third-order valence-corrected chi connectivity index (χ3v) is 3.24. The summed E-state index contributed by atoms with van der Waals surface area (Å²) in [5.41, 5.74) is -0.887. The maximum absolute atomic E-state index is 12.5. The predicted molar refractivity (Wildman–Crippen MR) is 73.9 cm³/mol. The van der Waals surface area contributed by atoms with Crippen LogP contribution in [-0.4, -0.2) is 23.7 Å². The monoisotopic (exact) mass is 303 g/mol. The molecule has 1 aromatic carbocycles. The number of carbonyl (C=O) groups excluding carboxylic acids is 1. The number of benzene rings is 1. The van der Waals surface area contributed by atoms with Crippen molar-refractivity contribution in [1.82, 2.24) is 5.32 Å². The average Bonchev–Trinajstić information content (AvgIpc) is 2.36. The van der Waals surface area contributed by atoms with Crippen LogP contribution in [0.25, 0.3) is 0 Å². The van der Waals surface area contributed by atoms with E-state index in [-0.39, 0.29) is 23.6 Å². The van der Waals surface area contributed by atoms with E-state index in [0.717, 1.165) is 24.3 Å². The summed E-state index contributed by atoms with van der Waals surface area (Å²) in [6.45, 7) is 5.68. The Balaban J connectivity index is 2.84. The zero-order chi connectivity index (χ0) is 16.3. The zero-order valence-electron chi connectivity index (χ0n) is 12.3. The van der Waals surface area contributed by atoms with Crippen LogP contribution >= 0.6 is 0 Å². The Hall–Kier alpha value is -1.56. The molecule has 6 heteroatoms. The van der Waals surface area contributed by atoms with Crippen molar-refractivity contribution in [2.24, 2.45) is 5.41 Å². The number of aliphatic hydroxyl groups excluding tert-OH is 1. The van der Waals surface area contributed by atoms with Crippen molar-refractivity contribution in [2.45, 2.75) is 39.4 Å². The van der Waals surface area contributed by atoms with Crippen molar-refractivity contribution in [3.63, 3.8) is 0 Å². The van der Waals surface area contributed by atoms with Gasteiger partial charge < -0.3 is 10.4 Å². The first-order valence-electron chi connectivity index (χ1n) is 6.64. The molecule has 118 valence electrons. The van der Waals surface area contributed by atoms with Crippen LogP contribution < -0.4 is 5.32 Å². The maximum Gasteiger partial charge on any atom is 0.416 e. The van der Waals surface area contributed by atoms with Crippen LogP contribution in [0.1, 0.15) is 43.1 Å². The topological polar surface area (TPSA) is 49.3 Å². The quantitative estimate of drug-likeness (QED) is 0.897. The fourth-order valence-corrected chi connectivity index (χ4v) is 1.90. The standard InChI is InChI=1S/C15H20F3NO2/c1-14(2,3)12(8-9-20)19-13(21)10-4-6-11(7-5-10)15(16,17)18/h4-7,12,20H,8-9H2,1-3H3,(H,19,21). The second-order valence-electron chi connectivity index (χ2n) is 5.98. The van der Waals surface area contributed by atoms with Crippen LogP contribution in [0.2, 0.25) is 0 Å². The summed E-state index contributed by atoms with van der Waals surface area (Å²) in [5, 5.41) is 11.8. The van der Waals surface area contributed by atoms with Gasteiger partial charge in [-0.2, -0.15) is 13.2 Å². The van der Waals surface area contributed by atoms with E-state index in [1.54, 1.807) is 0 Å². The van der Waals surface area contributed by atoms with Gasteiger partial charge >= 0.3 is 6.18 Å². The van der Waals surface area contributed by atoms with Crippen LogP contribution in [0, 0.1) is 5.41 Å². The predicted octanol–water partition coefficient (Wildman–Crippen LogP) is 3.23. The van der Waals surface area contributed by atoms with Gasteiger partial charge in [-0.05, 0) is 36.1 Å². The molecule has 0 aliphatic rings. The van der Waals surface area contributed by atoms with Gasteiger partial charge in [-0.3, -0.25) is 4.79 Å². The van der Waals surface area contributed by atoms with E-state index in [0.29, 0.717) is 6.42 Å². The molecule has 0 bridgehead atoms. The smallest absolute Gasteiger partial charge is 0.396 e. The minimum Gasteiger partial charge on any atom is -0.396 e. The Labute approximate surface area is 122 Å². The van der Waals surface area contributed by atoms with Gasteiger partial charge in [0.15, 0.2) is 0 Å². The highest BCUT2D eigenvalue weighted by Gasteiger charge is 2.30. The lowest BCUT2D eigenvalue weighted by molar-refractivity contribution is -0.137. The molecule has 1 amide bonds. The molecule has 3 nitrogen and oxygen atoms in total. The Morgan fingerprint density at radius 1 is 1.19 bits per heavy atom. The molecule has 1 aromatic rings. The van der Waals surface area contributed by atoms with Gasteiger partial charge in [-0.25, -0.2) is 0 Å². The molecule has 1 atom stereocenters. The minimum absolute atomic E-state index is 0.0742. The molecule has 0 heterocycles. The highest BCUT2D eigenvalue weighted by Crippen LogP contribution is 2.29. The summed E-state index contributed by atoms with van der Waals surface area (Å²) in [5.74, 6) is -0.447. The number of rotatable bonds is 4. The first-order valence-corrected chi connectivity index (χ1v) is 6.64. The summed E-state index contributed by atoms with van der Waals surface area (Å²) in [6, 6.07) is 3.80. The Kier molecular flexibility index (Phi) is 5.39. The van der Waals surface area contributed by atoms with E-state index in [1.807, 2.05) is 20.8 Å². The third kappa shape index (κ3) is 5.04. The minimum atomic E-state index is -4.42. The molecular weight excluding hydrogens is 283 g/mol. The number of aliphatic hydroxyl groups is 1. The summed E-state index contributed by atoms with van der Waals surface area (Å²) < 4.78 is 37.4. The molecule has 0 saturated carbocycles. The molecule has 21 heavy (non-hydrogen) atoms. The van der Waals surface area contributed by atoms with Crippen molar-refractivity contribution in [3.05, 3.63) is 35.4 Å². The number of nitrogens with one attached hydrogen (secondary N) is 1. The number of hydrogen-bond donors (Lipinski definition) is 2. The van der Waals surface area contributed by atoms with Crippen LogP contribution in [0.4, 0.5) is 13.2 Å². The first kappa shape index (κ1) is 17.5. The van der Waals surface area contributed by atoms with Gasteiger partial charge in [0, 0.05) is 18.2 Å². The molecule has 0 saturated heterocycles. The molecule has 0 aliphatic heterocycles. The molecule has 2 N–H and O–H groups in total. The SMILES string of the molecule is CC(C)(C)C(CCO)NC(=O)c1ccc(C(F)(F)F)cc1. The van der Waals surface area contributed by atoms with Gasteiger partial charge in [-0.1, -0.05) is 20.8 Å². The average molecular weight is 303 g/mol. The fourth-order valence-electron chi connectivity index (χ4n) is 1.90. The maximum atomic E-state index is 12.5. The van der Waals surface area contributed by atoms with Crippen molar-refractivity contribution in [3.8, 4) is 0 Å². The third-order valence-electron chi connectivity index (χ3n) is 3.24. The van der Waals surface area contributed by atoms with Gasteiger partial charge in [0.05, 0.1) is 5.56 Å². The van der Waals surface area contributed by atoms with Crippen molar-refractivity contribution in [1.29, 1.82) is 0 Å². The summed E-state index contributed by atoms with van der Waals surface area (Å²) >= 11 is 0. The van der Waals surface area contributed by atoms with E-state index < -0.39 is 17.6 Å². The van der Waals surface area contributed by atoms with E-state index in [2.05, 4.69) is 5.32 Å². The first-order chi connectivity index (χ1) is 9.55. The second kappa shape index (κ2) is 6.47. The molecule has 1 unspecified atom stereocenters. The van der Waals surface area contributed by atoms with Gasteiger partial charge in [-0.15, -0.1) is 0 Å². The molecule has 0 fully saturated rings. The van der Waals surface area contributed by atoms with E-state index in [1.165, 1.54) is 0 Å². The molecule has 1 rings (SSSR count). The van der Waals surface area contributed by atoms with Gasteiger partial charge in [0.1, 0.15) is 0 Å². The highest BCUT2D eigenvalue weighted by atomic mass is 19.4. The second-order valence-corrected chi connectivity index (χ2v) is 5.98. The molecule has 0 spiro atoms. The number of hydrogen-bond acceptors (Lipinski definition) is 2.